The van der Waals surface area contributed by atoms with Crippen molar-refractivity contribution in [3.05, 3.63) is 17.1 Å². The van der Waals surface area contributed by atoms with Crippen molar-refractivity contribution >= 4 is 0 Å². The van der Waals surface area contributed by atoms with Crippen LogP contribution in [0, 0.1) is 22.7 Å². The molecular formula is C15H25NO. The highest BCUT2D eigenvalue weighted by Crippen LogP contribution is 2.33. The van der Waals surface area contributed by atoms with Crippen molar-refractivity contribution in [2.75, 3.05) is 0 Å². The number of nitrogens with zero attached hydrogens (tertiary/aromatic N) is 1. The van der Waals surface area contributed by atoms with Gasteiger partial charge < -0.3 is 0 Å². The zero-order valence-electron chi connectivity index (χ0n) is 11.0. The van der Waals surface area contributed by atoms with Gasteiger partial charge in [-0.25, -0.2) is 0 Å². The van der Waals surface area contributed by atoms with Crippen LogP contribution in [0.4, 0.5) is 0 Å². The first-order valence-electron chi connectivity index (χ1n) is 7.28. The maximum atomic E-state index is 10.4. The van der Waals surface area contributed by atoms with Gasteiger partial charge in [0.25, 0.3) is 0 Å². The van der Waals surface area contributed by atoms with Gasteiger partial charge in [0, 0.05) is 0 Å². The highest BCUT2D eigenvalue weighted by molar-refractivity contribution is 4.95. The third-order valence-electron chi connectivity index (χ3n) is 4.75. The average Bonchev–Trinajstić information content (AvgIpc) is 2.76. The van der Waals surface area contributed by atoms with Gasteiger partial charge in [0.15, 0.2) is 0 Å². The number of hydrogen-bond donors (Lipinski definition) is 0. The minimum atomic E-state index is 0.116. The molecule has 2 rings (SSSR count). The molecule has 2 nitrogen and oxygen atoms in total. The lowest BCUT2D eigenvalue weighted by atomic mass is 9.84. The number of nitroso groups, excluding NO2 is 1. The van der Waals surface area contributed by atoms with Crippen LogP contribution in [0.1, 0.15) is 58.3 Å². The molecule has 2 saturated carbocycles. The first kappa shape index (κ1) is 12.8. The van der Waals surface area contributed by atoms with Crippen molar-refractivity contribution in [2.45, 2.75) is 64.3 Å². The Hall–Kier alpha value is -0.660. The van der Waals surface area contributed by atoms with Gasteiger partial charge in [0.05, 0.1) is 6.04 Å². The average molecular weight is 235 g/mol. The molecular weight excluding hydrogens is 210 g/mol. The molecule has 96 valence electrons. The summed E-state index contributed by atoms with van der Waals surface area (Å²) in [6.07, 6.45) is 14.7. The van der Waals surface area contributed by atoms with Crippen molar-refractivity contribution < 1.29 is 0 Å². The number of rotatable bonds is 4. The van der Waals surface area contributed by atoms with E-state index in [0.29, 0.717) is 0 Å². The quantitative estimate of drug-likeness (QED) is 0.513. The fourth-order valence-electron chi connectivity index (χ4n) is 3.39. The second-order valence-corrected chi connectivity index (χ2v) is 6.02. The second kappa shape index (κ2) is 6.32. The molecule has 0 bridgehead atoms. The summed E-state index contributed by atoms with van der Waals surface area (Å²) in [6, 6.07) is 0.116. The molecule has 0 aromatic carbocycles. The van der Waals surface area contributed by atoms with E-state index in [0.717, 1.165) is 30.6 Å². The molecule has 2 aliphatic rings. The summed E-state index contributed by atoms with van der Waals surface area (Å²) in [5, 5.41) is 3.17. The standard InChI is InChI=1S/C15H25NO/c1-12-4-2-6-14(12)7-3-5-13-8-10-15(16-17)11-9-13/h3,7,12-15H,2,4-6,8-11H2,1H3/b7-3+/t12-,13?,14?,15?/m1/s1. The minimum Gasteiger partial charge on any atom is -0.151 e. The summed E-state index contributed by atoms with van der Waals surface area (Å²) in [5.41, 5.74) is 0. The summed E-state index contributed by atoms with van der Waals surface area (Å²) in [4.78, 5) is 10.4. The van der Waals surface area contributed by atoms with E-state index in [1.54, 1.807) is 0 Å². The molecule has 0 radical (unpaired) electrons. The lowest BCUT2D eigenvalue weighted by Crippen LogP contribution is -2.16. The molecule has 0 N–H and O–H groups in total. The van der Waals surface area contributed by atoms with E-state index < -0.39 is 0 Å². The molecule has 1 unspecified atom stereocenters. The lowest BCUT2D eigenvalue weighted by molar-refractivity contribution is 0.328. The molecule has 0 aromatic rings. The Labute approximate surface area is 105 Å². The zero-order valence-corrected chi connectivity index (χ0v) is 11.0. The molecule has 0 heterocycles. The van der Waals surface area contributed by atoms with E-state index >= 15 is 0 Å². The SMILES string of the molecule is C[C@@H]1CCCC1/C=C/CC1CCC(N=O)CC1. The molecule has 2 atom stereocenters. The molecule has 2 heteroatoms. The van der Waals surface area contributed by atoms with Crippen LogP contribution < -0.4 is 0 Å². The maximum absolute atomic E-state index is 10.4. The Kier molecular flexibility index (Phi) is 4.75. The van der Waals surface area contributed by atoms with Crippen molar-refractivity contribution in [2.24, 2.45) is 22.9 Å². The summed E-state index contributed by atoms with van der Waals surface area (Å²) in [7, 11) is 0. The Morgan fingerprint density at radius 1 is 1.12 bits per heavy atom. The Balaban J connectivity index is 1.68. The second-order valence-electron chi connectivity index (χ2n) is 6.02. The molecule has 2 fully saturated rings. The van der Waals surface area contributed by atoms with Gasteiger partial charge in [0.1, 0.15) is 0 Å². The largest absolute Gasteiger partial charge is 0.151 e. The Bertz CT molecular complexity index is 266. The molecule has 17 heavy (non-hydrogen) atoms. The van der Waals surface area contributed by atoms with Gasteiger partial charge in [-0.05, 0) is 56.3 Å². The fourth-order valence-corrected chi connectivity index (χ4v) is 3.39. The topological polar surface area (TPSA) is 29.4 Å². The monoisotopic (exact) mass is 235 g/mol. The fraction of sp³-hybridized carbons (Fsp3) is 0.867. The van der Waals surface area contributed by atoms with E-state index in [1.807, 2.05) is 0 Å². The minimum absolute atomic E-state index is 0.116. The van der Waals surface area contributed by atoms with Gasteiger partial charge in [0.2, 0.25) is 0 Å². The van der Waals surface area contributed by atoms with Crippen molar-refractivity contribution in [3.63, 3.8) is 0 Å². The number of allylic oxidation sites excluding steroid dienone is 2. The summed E-state index contributed by atoms with van der Waals surface area (Å²) >= 11 is 0. The van der Waals surface area contributed by atoms with E-state index in [1.165, 1.54) is 38.5 Å². The van der Waals surface area contributed by atoms with Crippen LogP contribution in [-0.4, -0.2) is 6.04 Å². The van der Waals surface area contributed by atoms with Gasteiger partial charge in [-0.15, -0.1) is 0 Å². The maximum Gasteiger partial charge on any atom is 0.0920 e. The van der Waals surface area contributed by atoms with Crippen LogP contribution in [0.5, 0.6) is 0 Å². The predicted molar refractivity (Wildman–Crippen MR) is 71.8 cm³/mol. The molecule has 0 saturated heterocycles. The highest BCUT2D eigenvalue weighted by atomic mass is 16.3. The molecule has 0 aromatic heterocycles. The Morgan fingerprint density at radius 3 is 2.47 bits per heavy atom. The van der Waals surface area contributed by atoms with Crippen LogP contribution >= 0.6 is 0 Å². The summed E-state index contributed by atoms with van der Waals surface area (Å²) in [6.45, 7) is 2.38. The molecule has 0 amide bonds. The predicted octanol–water partition coefficient (Wildman–Crippen LogP) is 4.69. The van der Waals surface area contributed by atoms with E-state index in [4.69, 9.17) is 0 Å². The Morgan fingerprint density at radius 2 is 1.88 bits per heavy atom. The van der Waals surface area contributed by atoms with E-state index in [-0.39, 0.29) is 6.04 Å². The van der Waals surface area contributed by atoms with E-state index in [2.05, 4.69) is 24.3 Å². The molecule has 0 aliphatic heterocycles. The molecule has 0 spiro atoms. The summed E-state index contributed by atoms with van der Waals surface area (Å²) < 4.78 is 0. The van der Waals surface area contributed by atoms with E-state index in [9.17, 15) is 4.91 Å². The lowest BCUT2D eigenvalue weighted by Gasteiger charge is -2.23. The van der Waals surface area contributed by atoms with Crippen molar-refractivity contribution in [1.29, 1.82) is 0 Å². The zero-order chi connectivity index (χ0) is 12.1. The van der Waals surface area contributed by atoms with Gasteiger partial charge in [-0.2, -0.15) is 4.91 Å². The van der Waals surface area contributed by atoms with Crippen LogP contribution in [0.15, 0.2) is 17.3 Å². The first-order valence-corrected chi connectivity index (χ1v) is 7.28. The van der Waals surface area contributed by atoms with Crippen LogP contribution in [0.25, 0.3) is 0 Å². The van der Waals surface area contributed by atoms with Crippen molar-refractivity contribution in [3.8, 4) is 0 Å². The van der Waals surface area contributed by atoms with Crippen LogP contribution in [0.3, 0.4) is 0 Å². The van der Waals surface area contributed by atoms with Crippen molar-refractivity contribution in [1.82, 2.24) is 0 Å². The third kappa shape index (κ3) is 3.65. The van der Waals surface area contributed by atoms with Gasteiger partial charge in [-0.1, -0.05) is 37.1 Å². The smallest absolute Gasteiger partial charge is 0.0920 e. The van der Waals surface area contributed by atoms with Gasteiger partial charge >= 0.3 is 0 Å². The van der Waals surface area contributed by atoms with Crippen LogP contribution in [0.2, 0.25) is 0 Å². The normalized spacial score (nSPS) is 38.6. The van der Waals surface area contributed by atoms with Gasteiger partial charge in [-0.3, -0.25) is 0 Å². The third-order valence-corrected chi connectivity index (χ3v) is 4.75. The summed E-state index contributed by atoms with van der Waals surface area (Å²) in [5.74, 6) is 2.53. The number of hydrogen-bond acceptors (Lipinski definition) is 2. The van der Waals surface area contributed by atoms with Crippen LogP contribution in [-0.2, 0) is 0 Å². The molecule has 2 aliphatic carbocycles. The highest BCUT2D eigenvalue weighted by Gasteiger charge is 2.22. The first-order chi connectivity index (χ1) is 8.29.